The maximum absolute atomic E-state index is 13.2. The number of fused-ring (bicyclic) bond motifs is 2. The normalized spacial score (nSPS) is 11.3. The van der Waals surface area contributed by atoms with Crippen molar-refractivity contribution in [1.29, 1.82) is 0 Å². The summed E-state index contributed by atoms with van der Waals surface area (Å²) in [5.74, 6) is 0.464. The lowest BCUT2D eigenvalue weighted by molar-refractivity contribution is 0.661. The number of anilines is 2. The van der Waals surface area contributed by atoms with Gasteiger partial charge in [-0.25, -0.2) is 4.98 Å². The van der Waals surface area contributed by atoms with Gasteiger partial charge in [-0.1, -0.05) is 43.0 Å². The highest BCUT2D eigenvalue weighted by atomic mass is 32.2. The minimum atomic E-state index is -0.0272. The SMILES string of the molecule is CCCn1c(=O)c(Sc2ccccc2)cc2cnc(Nc3ccc4cc[nH]c4c3)nc21. The van der Waals surface area contributed by atoms with E-state index in [4.69, 9.17) is 0 Å². The fourth-order valence-electron chi connectivity index (χ4n) is 3.57. The first-order valence-corrected chi connectivity index (χ1v) is 11.0. The van der Waals surface area contributed by atoms with Crippen molar-refractivity contribution in [2.45, 2.75) is 29.7 Å². The van der Waals surface area contributed by atoms with E-state index in [-0.39, 0.29) is 5.56 Å². The van der Waals surface area contributed by atoms with E-state index < -0.39 is 0 Å². The third-order valence-electron chi connectivity index (χ3n) is 5.02. The Morgan fingerprint density at radius 2 is 1.94 bits per heavy atom. The van der Waals surface area contributed by atoms with E-state index in [1.165, 1.54) is 11.8 Å². The topological polar surface area (TPSA) is 75.6 Å². The molecule has 0 fully saturated rings. The highest BCUT2D eigenvalue weighted by Crippen LogP contribution is 2.27. The Morgan fingerprint density at radius 3 is 2.77 bits per heavy atom. The van der Waals surface area contributed by atoms with Gasteiger partial charge in [-0.05, 0) is 48.2 Å². The van der Waals surface area contributed by atoms with Crippen LogP contribution in [-0.4, -0.2) is 19.5 Å². The number of hydrogen-bond acceptors (Lipinski definition) is 5. The highest BCUT2D eigenvalue weighted by Gasteiger charge is 2.13. The van der Waals surface area contributed by atoms with Crippen molar-refractivity contribution in [3.8, 4) is 0 Å². The monoisotopic (exact) mass is 427 g/mol. The number of aromatic amines is 1. The van der Waals surface area contributed by atoms with Crippen molar-refractivity contribution in [2.75, 3.05) is 5.32 Å². The lowest BCUT2D eigenvalue weighted by Gasteiger charge is -2.12. The average molecular weight is 428 g/mol. The van der Waals surface area contributed by atoms with Gasteiger partial charge in [0.15, 0.2) is 0 Å². The van der Waals surface area contributed by atoms with Gasteiger partial charge in [0.25, 0.3) is 5.56 Å². The second kappa shape index (κ2) is 8.28. The molecule has 0 radical (unpaired) electrons. The van der Waals surface area contributed by atoms with Crippen molar-refractivity contribution < 1.29 is 0 Å². The Morgan fingerprint density at radius 1 is 1.06 bits per heavy atom. The number of rotatable bonds is 6. The first kappa shape index (κ1) is 19.4. The fraction of sp³-hybridized carbons (Fsp3) is 0.125. The number of benzene rings is 2. The first-order chi connectivity index (χ1) is 15.2. The third-order valence-corrected chi connectivity index (χ3v) is 6.04. The average Bonchev–Trinajstić information content (AvgIpc) is 3.26. The Balaban J connectivity index is 1.54. The van der Waals surface area contributed by atoms with Gasteiger partial charge in [0.2, 0.25) is 5.95 Å². The standard InChI is InChI=1S/C24H21N5OS/c1-2-12-29-22-17(13-21(23(29)30)31-19-6-4-3-5-7-19)15-26-24(28-22)27-18-9-8-16-10-11-25-20(16)14-18/h3-11,13-15,25H,2,12H2,1H3,(H,26,27,28). The molecule has 0 aliphatic rings. The summed E-state index contributed by atoms with van der Waals surface area (Å²) in [5, 5.41) is 5.25. The van der Waals surface area contributed by atoms with Crippen LogP contribution in [-0.2, 0) is 6.54 Å². The smallest absolute Gasteiger partial charge is 0.266 e. The van der Waals surface area contributed by atoms with Crippen molar-refractivity contribution in [3.63, 3.8) is 0 Å². The van der Waals surface area contributed by atoms with Crippen molar-refractivity contribution in [1.82, 2.24) is 19.5 Å². The summed E-state index contributed by atoms with van der Waals surface area (Å²) in [7, 11) is 0. The molecule has 0 unspecified atom stereocenters. The Hall–Kier alpha value is -3.58. The maximum Gasteiger partial charge on any atom is 0.266 e. The zero-order chi connectivity index (χ0) is 21.2. The van der Waals surface area contributed by atoms with Crippen LogP contribution < -0.4 is 10.9 Å². The van der Waals surface area contributed by atoms with Crippen LogP contribution in [0.5, 0.6) is 0 Å². The summed E-state index contributed by atoms with van der Waals surface area (Å²) in [6.07, 6.45) is 4.53. The van der Waals surface area contributed by atoms with Gasteiger partial charge in [0.1, 0.15) is 5.65 Å². The summed E-state index contributed by atoms with van der Waals surface area (Å²) in [5.41, 5.74) is 2.54. The number of nitrogens with zero attached hydrogens (tertiary/aromatic N) is 3. The van der Waals surface area contributed by atoms with Crippen molar-refractivity contribution >= 4 is 45.3 Å². The van der Waals surface area contributed by atoms with Gasteiger partial charge in [-0.15, -0.1) is 0 Å². The molecule has 2 N–H and O–H groups in total. The summed E-state index contributed by atoms with van der Waals surface area (Å²) in [6.45, 7) is 2.66. The molecule has 7 heteroatoms. The molecule has 0 saturated carbocycles. The molecule has 0 aliphatic carbocycles. The van der Waals surface area contributed by atoms with E-state index in [1.807, 2.05) is 66.9 Å². The zero-order valence-corrected chi connectivity index (χ0v) is 17.8. The van der Waals surface area contributed by atoms with E-state index in [0.29, 0.717) is 23.0 Å². The molecule has 0 aliphatic heterocycles. The second-order valence-electron chi connectivity index (χ2n) is 7.26. The van der Waals surface area contributed by atoms with Crippen molar-refractivity contribution in [3.05, 3.63) is 83.4 Å². The van der Waals surface area contributed by atoms with Gasteiger partial charge < -0.3 is 10.3 Å². The Kier molecular flexibility index (Phi) is 5.18. The molecule has 6 nitrogen and oxygen atoms in total. The maximum atomic E-state index is 13.2. The largest absolute Gasteiger partial charge is 0.361 e. The number of pyridine rings is 1. The van der Waals surface area contributed by atoms with Gasteiger partial charge in [-0.3, -0.25) is 9.36 Å². The van der Waals surface area contributed by atoms with Crippen LogP contribution in [0.4, 0.5) is 11.6 Å². The molecule has 3 heterocycles. The predicted molar refractivity (Wildman–Crippen MR) is 126 cm³/mol. The van der Waals surface area contributed by atoms with Crippen LogP contribution in [0.25, 0.3) is 21.9 Å². The Bertz CT molecular complexity index is 1420. The summed E-state index contributed by atoms with van der Waals surface area (Å²) >= 11 is 1.47. The number of nitrogens with one attached hydrogen (secondary N) is 2. The number of aryl methyl sites for hydroxylation is 1. The van der Waals surface area contributed by atoms with Gasteiger partial charge in [-0.2, -0.15) is 4.98 Å². The van der Waals surface area contributed by atoms with Crippen LogP contribution in [0.2, 0.25) is 0 Å². The quantitative estimate of drug-likeness (QED) is 0.370. The second-order valence-corrected chi connectivity index (χ2v) is 8.37. The van der Waals surface area contributed by atoms with Gasteiger partial charge in [0, 0.05) is 40.4 Å². The van der Waals surface area contributed by atoms with Crippen LogP contribution in [0, 0.1) is 0 Å². The van der Waals surface area contributed by atoms with Crippen LogP contribution in [0.1, 0.15) is 13.3 Å². The molecule has 154 valence electrons. The Labute approximate surface area is 183 Å². The van der Waals surface area contributed by atoms with E-state index in [0.717, 1.165) is 33.3 Å². The molecule has 5 aromatic rings. The number of hydrogen-bond donors (Lipinski definition) is 2. The summed E-state index contributed by atoms with van der Waals surface area (Å²) < 4.78 is 1.75. The molecule has 31 heavy (non-hydrogen) atoms. The van der Waals surface area contributed by atoms with Gasteiger partial charge >= 0.3 is 0 Å². The first-order valence-electron chi connectivity index (χ1n) is 10.2. The molecule has 0 bridgehead atoms. The van der Waals surface area contributed by atoms with Crippen LogP contribution in [0.15, 0.2) is 87.6 Å². The lowest BCUT2D eigenvalue weighted by Crippen LogP contribution is -2.23. The van der Waals surface area contributed by atoms with Crippen LogP contribution >= 0.6 is 11.8 Å². The van der Waals surface area contributed by atoms with Crippen molar-refractivity contribution in [2.24, 2.45) is 0 Å². The lowest BCUT2D eigenvalue weighted by atomic mass is 10.2. The molecule has 0 saturated heterocycles. The molecule has 0 atom stereocenters. The predicted octanol–water partition coefficient (Wildman–Crippen LogP) is 5.58. The molecular weight excluding hydrogens is 406 g/mol. The molecule has 5 rings (SSSR count). The summed E-state index contributed by atoms with van der Waals surface area (Å²) in [4.78, 5) is 27.3. The van der Waals surface area contributed by atoms with E-state index in [1.54, 1.807) is 10.8 Å². The minimum Gasteiger partial charge on any atom is -0.361 e. The van der Waals surface area contributed by atoms with E-state index >= 15 is 0 Å². The molecule has 3 aromatic heterocycles. The highest BCUT2D eigenvalue weighted by molar-refractivity contribution is 7.99. The molecule has 2 aromatic carbocycles. The fourth-order valence-corrected chi connectivity index (χ4v) is 4.50. The summed E-state index contributed by atoms with van der Waals surface area (Å²) in [6, 6.07) is 19.9. The van der Waals surface area contributed by atoms with Crippen LogP contribution in [0.3, 0.4) is 0 Å². The number of H-pyrrole nitrogens is 1. The minimum absolute atomic E-state index is 0.0272. The molecular formula is C24H21N5OS. The number of aromatic nitrogens is 4. The molecule has 0 spiro atoms. The van der Waals surface area contributed by atoms with E-state index in [2.05, 4.69) is 27.2 Å². The van der Waals surface area contributed by atoms with Gasteiger partial charge in [0.05, 0.1) is 4.90 Å². The van der Waals surface area contributed by atoms with E-state index in [9.17, 15) is 4.79 Å². The zero-order valence-electron chi connectivity index (χ0n) is 17.0. The third kappa shape index (κ3) is 3.92. The molecule has 0 amide bonds.